The minimum absolute atomic E-state index is 0.0859. The van der Waals surface area contributed by atoms with E-state index in [0.717, 1.165) is 16.9 Å². The van der Waals surface area contributed by atoms with Crippen LogP contribution in [-0.4, -0.2) is 42.9 Å². The van der Waals surface area contributed by atoms with Gasteiger partial charge in [-0.15, -0.1) is 0 Å². The van der Waals surface area contributed by atoms with E-state index < -0.39 is 17.8 Å². The lowest BCUT2D eigenvalue weighted by atomic mass is 10.1. The topological polar surface area (TPSA) is 84.9 Å². The number of carbonyl (C=O) groups excluding carboxylic acids is 3. The number of ether oxygens (including phenoxy) is 2. The van der Waals surface area contributed by atoms with Gasteiger partial charge in [-0.05, 0) is 30.2 Å². The summed E-state index contributed by atoms with van der Waals surface area (Å²) in [5.74, 6) is -0.820. The van der Waals surface area contributed by atoms with Crippen LogP contribution in [0.3, 0.4) is 0 Å². The van der Waals surface area contributed by atoms with Gasteiger partial charge in [0, 0.05) is 19.5 Å². The van der Waals surface area contributed by atoms with Crippen molar-refractivity contribution < 1.29 is 23.9 Å². The van der Waals surface area contributed by atoms with E-state index in [4.69, 9.17) is 9.47 Å². The van der Waals surface area contributed by atoms with E-state index in [9.17, 15) is 14.4 Å². The summed E-state index contributed by atoms with van der Waals surface area (Å²) in [6, 6.07) is 16.8. The Kier molecular flexibility index (Phi) is 7.06. The fourth-order valence-corrected chi connectivity index (χ4v) is 3.42. The van der Waals surface area contributed by atoms with Crippen LogP contribution in [0.5, 0.6) is 5.75 Å². The predicted molar refractivity (Wildman–Crippen MR) is 110 cm³/mol. The van der Waals surface area contributed by atoms with Crippen molar-refractivity contribution in [3.8, 4) is 5.75 Å². The van der Waals surface area contributed by atoms with Crippen molar-refractivity contribution >= 4 is 17.8 Å². The second-order valence-corrected chi connectivity index (χ2v) is 7.27. The summed E-state index contributed by atoms with van der Waals surface area (Å²) in [5.41, 5.74) is 1.92. The Morgan fingerprint density at radius 1 is 1.13 bits per heavy atom. The number of likely N-dealkylation sites (tertiary alicyclic amines) is 1. The molecular weight excluding hydrogens is 384 g/mol. The van der Waals surface area contributed by atoms with Gasteiger partial charge in [0.05, 0.1) is 19.1 Å². The standard InChI is InChI=1S/C23H26N2O5/c1-16(18-6-4-3-5-7-18)25-14-19(12-22(25)27)23(28)30-15-21(26)24-13-17-8-10-20(29-2)11-9-17/h3-11,16,19H,12-15H2,1-2H3,(H,24,26)/t16-,19+/m0/s1. The third kappa shape index (κ3) is 5.37. The fraction of sp³-hybridized carbons (Fsp3) is 0.348. The zero-order valence-corrected chi connectivity index (χ0v) is 17.2. The molecule has 30 heavy (non-hydrogen) atoms. The average Bonchev–Trinajstić information content (AvgIpc) is 3.18. The Hall–Kier alpha value is -3.35. The maximum Gasteiger partial charge on any atom is 0.311 e. The summed E-state index contributed by atoms with van der Waals surface area (Å²) in [5, 5.41) is 2.71. The predicted octanol–water partition coefficient (Wildman–Crippen LogP) is 2.46. The van der Waals surface area contributed by atoms with E-state index in [0.29, 0.717) is 13.1 Å². The monoisotopic (exact) mass is 410 g/mol. The lowest BCUT2D eigenvalue weighted by Gasteiger charge is -2.25. The van der Waals surface area contributed by atoms with Crippen LogP contribution in [0.4, 0.5) is 0 Å². The molecule has 0 aromatic heterocycles. The SMILES string of the molecule is COc1ccc(CNC(=O)COC(=O)[C@@H]2CC(=O)N([C@@H](C)c3ccccc3)C2)cc1. The molecule has 0 bridgehead atoms. The Morgan fingerprint density at radius 3 is 2.50 bits per heavy atom. The summed E-state index contributed by atoms with van der Waals surface area (Å²) in [6.45, 7) is 2.19. The third-order valence-electron chi connectivity index (χ3n) is 5.24. The van der Waals surface area contributed by atoms with Crippen LogP contribution in [0.1, 0.15) is 30.5 Å². The number of amides is 2. The number of nitrogens with zero attached hydrogens (tertiary/aromatic N) is 1. The molecule has 158 valence electrons. The quantitative estimate of drug-likeness (QED) is 0.676. The number of hydrogen-bond acceptors (Lipinski definition) is 5. The number of hydrogen-bond donors (Lipinski definition) is 1. The second-order valence-electron chi connectivity index (χ2n) is 7.27. The second kappa shape index (κ2) is 9.91. The zero-order chi connectivity index (χ0) is 21.5. The highest BCUT2D eigenvalue weighted by atomic mass is 16.5. The van der Waals surface area contributed by atoms with Crippen molar-refractivity contribution in [3.05, 3.63) is 65.7 Å². The van der Waals surface area contributed by atoms with Crippen molar-refractivity contribution in [2.24, 2.45) is 5.92 Å². The smallest absolute Gasteiger partial charge is 0.311 e. The number of methoxy groups -OCH3 is 1. The molecule has 3 rings (SSSR count). The summed E-state index contributed by atoms with van der Waals surface area (Å²) < 4.78 is 10.2. The van der Waals surface area contributed by atoms with Crippen LogP contribution in [0.15, 0.2) is 54.6 Å². The molecule has 2 aromatic carbocycles. The third-order valence-corrected chi connectivity index (χ3v) is 5.24. The minimum Gasteiger partial charge on any atom is -0.497 e. The number of rotatable bonds is 8. The van der Waals surface area contributed by atoms with Crippen LogP contribution < -0.4 is 10.1 Å². The zero-order valence-electron chi connectivity index (χ0n) is 17.2. The molecule has 1 saturated heterocycles. The first kappa shape index (κ1) is 21.4. The van der Waals surface area contributed by atoms with Gasteiger partial charge in [-0.25, -0.2) is 0 Å². The summed E-state index contributed by atoms with van der Waals surface area (Å²) in [6.07, 6.45) is 0.101. The summed E-state index contributed by atoms with van der Waals surface area (Å²) in [4.78, 5) is 38.4. The van der Waals surface area contributed by atoms with Gasteiger partial charge in [-0.1, -0.05) is 42.5 Å². The molecule has 1 heterocycles. The van der Waals surface area contributed by atoms with Crippen molar-refractivity contribution in [2.45, 2.75) is 25.9 Å². The van der Waals surface area contributed by atoms with Gasteiger partial charge in [0.1, 0.15) is 5.75 Å². The highest BCUT2D eigenvalue weighted by Gasteiger charge is 2.38. The largest absolute Gasteiger partial charge is 0.497 e. The molecule has 1 aliphatic heterocycles. The highest BCUT2D eigenvalue weighted by molar-refractivity contribution is 5.88. The number of benzene rings is 2. The van der Waals surface area contributed by atoms with Crippen molar-refractivity contribution in [2.75, 3.05) is 20.3 Å². The Balaban J connectivity index is 1.44. The molecule has 1 fully saturated rings. The van der Waals surface area contributed by atoms with E-state index >= 15 is 0 Å². The van der Waals surface area contributed by atoms with Gasteiger partial charge < -0.3 is 19.7 Å². The Labute approximate surface area is 176 Å². The van der Waals surface area contributed by atoms with Crippen LogP contribution in [0, 0.1) is 5.92 Å². The van der Waals surface area contributed by atoms with Gasteiger partial charge in [-0.3, -0.25) is 14.4 Å². The van der Waals surface area contributed by atoms with Crippen LogP contribution >= 0.6 is 0 Å². The molecule has 1 N–H and O–H groups in total. The molecule has 0 saturated carbocycles. The maximum atomic E-state index is 12.4. The molecule has 0 unspecified atom stereocenters. The van der Waals surface area contributed by atoms with Gasteiger partial charge >= 0.3 is 5.97 Å². The molecule has 2 atom stereocenters. The van der Waals surface area contributed by atoms with Crippen molar-refractivity contribution in [1.29, 1.82) is 0 Å². The maximum absolute atomic E-state index is 12.4. The minimum atomic E-state index is -0.557. The van der Waals surface area contributed by atoms with Gasteiger partial charge in [-0.2, -0.15) is 0 Å². The van der Waals surface area contributed by atoms with E-state index in [1.807, 2.05) is 49.4 Å². The lowest BCUT2D eigenvalue weighted by molar-refractivity contribution is -0.152. The van der Waals surface area contributed by atoms with Crippen LogP contribution in [0.2, 0.25) is 0 Å². The Morgan fingerprint density at radius 2 is 1.83 bits per heavy atom. The molecule has 0 radical (unpaired) electrons. The summed E-state index contributed by atoms with van der Waals surface area (Å²) >= 11 is 0. The first-order valence-corrected chi connectivity index (χ1v) is 9.88. The molecule has 7 nitrogen and oxygen atoms in total. The molecule has 1 aliphatic rings. The highest BCUT2D eigenvalue weighted by Crippen LogP contribution is 2.28. The van der Waals surface area contributed by atoms with Crippen molar-refractivity contribution in [3.63, 3.8) is 0 Å². The van der Waals surface area contributed by atoms with Crippen LogP contribution in [0.25, 0.3) is 0 Å². The van der Waals surface area contributed by atoms with Gasteiger partial charge in [0.25, 0.3) is 5.91 Å². The Bertz CT molecular complexity index is 882. The first-order chi connectivity index (χ1) is 14.5. The van der Waals surface area contributed by atoms with Gasteiger partial charge in [0.15, 0.2) is 6.61 Å². The van der Waals surface area contributed by atoms with E-state index in [-0.39, 0.29) is 25.0 Å². The first-order valence-electron chi connectivity index (χ1n) is 9.88. The molecular formula is C23H26N2O5. The van der Waals surface area contributed by atoms with E-state index in [2.05, 4.69) is 5.32 Å². The van der Waals surface area contributed by atoms with E-state index in [1.54, 1.807) is 24.1 Å². The normalized spacial score (nSPS) is 16.8. The lowest BCUT2D eigenvalue weighted by Crippen LogP contribution is -2.32. The molecule has 0 aliphatic carbocycles. The molecule has 7 heteroatoms. The number of esters is 1. The van der Waals surface area contributed by atoms with Crippen LogP contribution in [-0.2, 0) is 25.7 Å². The fourth-order valence-electron chi connectivity index (χ4n) is 3.42. The summed E-state index contributed by atoms with van der Waals surface area (Å²) in [7, 11) is 1.59. The molecule has 0 spiro atoms. The number of carbonyl (C=O) groups is 3. The van der Waals surface area contributed by atoms with Crippen molar-refractivity contribution in [1.82, 2.24) is 10.2 Å². The average molecular weight is 410 g/mol. The molecule has 2 amide bonds. The number of nitrogens with one attached hydrogen (secondary N) is 1. The molecule has 2 aromatic rings. The van der Waals surface area contributed by atoms with Gasteiger partial charge in [0.2, 0.25) is 5.91 Å². The van der Waals surface area contributed by atoms with E-state index in [1.165, 1.54) is 0 Å².